The molecule has 0 aromatic heterocycles. The van der Waals surface area contributed by atoms with Crippen molar-refractivity contribution >= 4 is 11.9 Å². The van der Waals surface area contributed by atoms with Gasteiger partial charge < -0.3 is 24.8 Å². The van der Waals surface area contributed by atoms with E-state index in [4.69, 9.17) is 9.47 Å². The van der Waals surface area contributed by atoms with Crippen LogP contribution in [0.5, 0.6) is 0 Å². The van der Waals surface area contributed by atoms with Gasteiger partial charge in [0.2, 0.25) is 0 Å². The number of aliphatic hydroxyl groups is 1. The number of benzene rings is 1. The maximum absolute atomic E-state index is 11.9. The monoisotopic (exact) mass is 478 g/mol. The van der Waals surface area contributed by atoms with Crippen LogP contribution in [0.25, 0.3) is 0 Å². The van der Waals surface area contributed by atoms with Crippen LogP contribution in [-0.2, 0) is 20.7 Å². The van der Waals surface area contributed by atoms with E-state index in [2.05, 4.69) is 20.8 Å². The third-order valence-corrected chi connectivity index (χ3v) is 8.21. The van der Waals surface area contributed by atoms with Crippen LogP contribution in [0, 0.1) is 38.0 Å². The summed E-state index contributed by atoms with van der Waals surface area (Å²) in [6.45, 7) is 14.0. The minimum absolute atomic E-state index is 0.0883. The number of aliphatic hydroxyl groups excluding tert-OH is 1. The minimum atomic E-state index is -1.05. The number of aryl methyl sites for hydroxylation is 2. The zero-order chi connectivity index (χ0) is 26.0. The molecule has 0 aliphatic carbocycles. The molecule has 6 unspecified atom stereocenters. The molecule has 0 spiro atoms. The first-order valence-electron chi connectivity index (χ1n) is 12.1. The lowest BCUT2D eigenvalue weighted by Gasteiger charge is -2.48. The Balaban J connectivity index is 2.15. The van der Waals surface area contributed by atoms with E-state index in [1.54, 1.807) is 0 Å². The van der Waals surface area contributed by atoms with E-state index < -0.39 is 30.3 Å². The smallest absolute Gasteiger partial charge is 0.336 e. The predicted octanol–water partition coefficient (Wildman–Crippen LogP) is 4.55. The fourth-order valence-corrected chi connectivity index (χ4v) is 5.17. The first kappa shape index (κ1) is 28.3. The predicted molar refractivity (Wildman–Crippen MR) is 130 cm³/mol. The average Bonchev–Trinajstić information content (AvgIpc) is 2.72. The molecule has 0 amide bonds. The number of carbonyl (C=O) groups is 2. The van der Waals surface area contributed by atoms with Gasteiger partial charge in [0.1, 0.15) is 0 Å². The van der Waals surface area contributed by atoms with E-state index in [1.165, 1.54) is 7.11 Å². The molecule has 1 aliphatic rings. The van der Waals surface area contributed by atoms with Crippen LogP contribution in [0.1, 0.15) is 79.6 Å². The number of rotatable bonds is 10. The number of ether oxygens (including phenoxy) is 2. The molecule has 1 aliphatic heterocycles. The highest BCUT2D eigenvalue weighted by molar-refractivity contribution is 5.91. The summed E-state index contributed by atoms with van der Waals surface area (Å²) in [5.41, 5.74) is 3.75. The van der Waals surface area contributed by atoms with Gasteiger partial charge in [0, 0.05) is 13.5 Å². The number of methoxy groups -OCH3 is 1. The van der Waals surface area contributed by atoms with Gasteiger partial charge in [-0.15, -0.1) is 0 Å². The molecule has 192 valence electrons. The lowest BCUT2D eigenvalue weighted by atomic mass is 9.68. The molecule has 1 heterocycles. The SMILES string of the molecule is COC(C(=O)O)C1CC(C)C(C)(C)C(CC(O)C(C)CCc2c(C)c(C)cc(C)c2C(=O)O)O1. The number of aromatic carboxylic acids is 1. The van der Waals surface area contributed by atoms with Gasteiger partial charge in [0.25, 0.3) is 0 Å². The number of hydrogen-bond acceptors (Lipinski definition) is 5. The van der Waals surface area contributed by atoms with Crippen molar-refractivity contribution in [3.05, 3.63) is 33.9 Å². The second-order valence-corrected chi connectivity index (χ2v) is 10.7. The van der Waals surface area contributed by atoms with E-state index in [9.17, 15) is 24.9 Å². The first-order valence-corrected chi connectivity index (χ1v) is 12.1. The summed E-state index contributed by atoms with van der Waals surface area (Å²) < 4.78 is 11.4. The average molecular weight is 479 g/mol. The molecule has 34 heavy (non-hydrogen) atoms. The van der Waals surface area contributed by atoms with E-state index in [0.717, 1.165) is 22.3 Å². The van der Waals surface area contributed by atoms with Crippen LogP contribution >= 0.6 is 0 Å². The first-order chi connectivity index (χ1) is 15.7. The summed E-state index contributed by atoms with van der Waals surface area (Å²) in [6, 6.07) is 1.91. The number of hydrogen-bond donors (Lipinski definition) is 3. The fourth-order valence-electron chi connectivity index (χ4n) is 5.17. The van der Waals surface area contributed by atoms with Gasteiger partial charge in [-0.2, -0.15) is 0 Å². The quantitative estimate of drug-likeness (QED) is 0.452. The molecule has 1 aromatic rings. The van der Waals surface area contributed by atoms with Gasteiger partial charge in [-0.1, -0.05) is 33.8 Å². The van der Waals surface area contributed by atoms with Gasteiger partial charge in [0.15, 0.2) is 6.10 Å². The molecule has 1 fully saturated rings. The van der Waals surface area contributed by atoms with Gasteiger partial charge in [-0.05, 0) is 79.5 Å². The van der Waals surface area contributed by atoms with Crippen molar-refractivity contribution in [2.75, 3.05) is 7.11 Å². The van der Waals surface area contributed by atoms with Crippen molar-refractivity contribution in [2.45, 2.75) is 98.6 Å². The molecule has 6 atom stereocenters. The van der Waals surface area contributed by atoms with Crippen molar-refractivity contribution in [3.63, 3.8) is 0 Å². The van der Waals surface area contributed by atoms with Gasteiger partial charge in [0.05, 0.1) is 23.9 Å². The van der Waals surface area contributed by atoms with Crippen molar-refractivity contribution in [2.24, 2.45) is 17.3 Å². The number of carboxylic acid groups (broad SMARTS) is 2. The molecular formula is C27H42O7. The highest BCUT2D eigenvalue weighted by atomic mass is 16.6. The Morgan fingerprint density at radius 3 is 2.35 bits per heavy atom. The van der Waals surface area contributed by atoms with E-state index in [-0.39, 0.29) is 23.4 Å². The summed E-state index contributed by atoms with van der Waals surface area (Å²) in [6.07, 6.45) is -0.465. The van der Waals surface area contributed by atoms with E-state index >= 15 is 0 Å². The number of aliphatic carboxylic acids is 1. The summed E-state index contributed by atoms with van der Waals surface area (Å²) in [5, 5.41) is 30.3. The maximum Gasteiger partial charge on any atom is 0.336 e. The molecule has 2 rings (SSSR count). The van der Waals surface area contributed by atoms with E-state index in [1.807, 2.05) is 33.8 Å². The Hall–Kier alpha value is -1.96. The summed E-state index contributed by atoms with van der Waals surface area (Å²) in [7, 11) is 1.37. The Labute approximate surface area is 203 Å². The molecular weight excluding hydrogens is 436 g/mol. The zero-order valence-electron chi connectivity index (χ0n) is 21.8. The molecule has 0 saturated carbocycles. The van der Waals surface area contributed by atoms with Crippen molar-refractivity contribution < 1.29 is 34.4 Å². The zero-order valence-corrected chi connectivity index (χ0v) is 21.8. The Morgan fingerprint density at radius 2 is 1.82 bits per heavy atom. The largest absolute Gasteiger partial charge is 0.479 e. The lowest BCUT2D eigenvalue weighted by molar-refractivity contribution is -0.200. The number of carboxylic acids is 2. The molecule has 3 N–H and O–H groups in total. The van der Waals surface area contributed by atoms with Crippen molar-refractivity contribution in [1.82, 2.24) is 0 Å². The third-order valence-electron chi connectivity index (χ3n) is 8.21. The van der Waals surface area contributed by atoms with Crippen LogP contribution < -0.4 is 0 Å². The standard InChI is InChI=1S/C27H42O7/c1-14(9-10-19-18(5)15(2)11-16(3)23(19)25(29)30)20(28)13-22-27(6,7)17(4)12-21(34-22)24(33-8)26(31)32/h11,14,17,20-22,24,28H,9-10,12-13H2,1-8H3,(H,29,30)(H,31,32). The van der Waals surface area contributed by atoms with Crippen LogP contribution in [0.4, 0.5) is 0 Å². The van der Waals surface area contributed by atoms with Crippen LogP contribution in [0.15, 0.2) is 6.07 Å². The van der Waals surface area contributed by atoms with E-state index in [0.29, 0.717) is 31.2 Å². The van der Waals surface area contributed by atoms with Crippen molar-refractivity contribution in [1.29, 1.82) is 0 Å². The third kappa shape index (κ3) is 5.99. The minimum Gasteiger partial charge on any atom is -0.479 e. The topological polar surface area (TPSA) is 113 Å². The molecule has 0 radical (unpaired) electrons. The Morgan fingerprint density at radius 1 is 1.21 bits per heavy atom. The summed E-state index contributed by atoms with van der Waals surface area (Å²) >= 11 is 0. The summed E-state index contributed by atoms with van der Waals surface area (Å²) in [4.78, 5) is 23.5. The van der Waals surface area contributed by atoms with Gasteiger partial charge >= 0.3 is 11.9 Å². The normalized spacial score (nSPS) is 24.9. The highest BCUT2D eigenvalue weighted by Crippen LogP contribution is 2.44. The van der Waals surface area contributed by atoms with Gasteiger partial charge in [-0.3, -0.25) is 0 Å². The highest BCUT2D eigenvalue weighted by Gasteiger charge is 2.47. The van der Waals surface area contributed by atoms with Crippen molar-refractivity contribution in [3.8, 4) is 0 Å². The summed E-state index contributed by atoms with van der Waals surface area (Å²) in [5.74, 6) is -1.88. The van der Waals surface area contributed by atoms with Crippen LogP contribution in [-0.4, -0.2) is 58.8 Å². The molecule has 7 nitrogen and oxygen atoms in total. The Kier molecular flexibility index (Phi) is 9.30. The molecule has 1 saturated heterocycles. The maximum atomic E-state index is 11.9. The second-order valence-electron chi connectivity index (χ2n) is 10.7. The second kappa shape index (κ2) is 11.2. The molecule has 7 heteroatoms. The van der Waals surface area contributed by atoms with Crippen LogP contribution in [0.3, 0.4) is 0 Å². The lowest BCUT2D eigenvalue weighted by Crippen LogP contribution is -2.53. The van der Waals surface area contributed by atoms with Gasteiger partial charge in [-0.25, -0.2) is 9.59 Å². The molecule has 0 bridgehead atoms. The molecule has 1 aromatic carbocycles. The fraction of sp³-hybridized carbons (Fsp3) is 0.704. The van der Waals surface area contributed by atoms with Crippen LogP contribution in [0.2, 0.25) is 0 Å². The Bertz CT molecular complexity index is 891.